The van der Waals surface area contributed by atoms with Crippen molar-refractivity contribution < 1.29 is 8.78 Å². The highest BCUT2D eigenvalue weighted by Gasteiger charge is 2.26. The molecule has 25 heavy (non-hydrogen) atoms. The van der Waals surface area contributed by atoms with Crippen molar-refractivity contribution in [3.8, 4) is 0 Å². The lowest BCUT2D eigenvalue weighted by atomic mass is 10.2. The number of anilines is 3. The maximum absolute atomic E-state index is 13.8. The topological polar surface area (TPSA) is 93.2 Å². The molecule has 130 valence electrons. The van der Waals surface area contributed by atoms with E-state index in [2.05, 4.69) is 25.7 Å². The molecule has 1 saturated carbocycles. The highest BCUT2D eigenvalue weighted by molar-refractivity contribution is 5.46. The van der Waals surface area contributed by atoms with Gasteiger partial charge in [0.05, 0.1) is 11.9 Å². The van der Waals surface area contributed by atoms with Crippen LogP contribution < -0.4 is 16.4 Å². The Labute approximate surface area is 142 Å². The molecule has 7 nitrogen and oxygen atoms in total. The number of pyridine rings is 2. The Kier molecular flexibility index (Phi) is 3.83. The highest BCUT2D eigenvalue weighted by Crippen LogP contribution is 2.26. The molecular weight excluding hydrogens is 328 g/mol. The van der Waals surface area contributed by atoms with Crippen LogP contribution >= 0.6 is 0 Å². The Hall–Kier alpha value is -2.97. The van der Waals surface area contributed by atoms with Gasteiger partial charge in [-0.05, 0) is 25.3 Å². The predicted molar refractivity (Wildman–Crippen MR) is 90.2 cm³/mol. The average Bonchev–Trinajstić information content (AvgIpc) is 3.16. The van der Waals surface area contributed by atoms with Crippen molar-refractivity contribution in [1.29, 1.82) is 0 Å². The van der Waals surface area contributed by atoms with Crippen LogP contribution in [0.25, 0.3) is 5.65 Å². The summed E-state index contributed by atoms with van der Waals surface area (Å²) in [7, 11) is 0. The van der Waals surface area contributed by atoms with Crippen LogP contribution in [0.3, 0.4) is 0 Å². The van der Waals surface area contributed by atoms with Crippen molar-refractivity contribution in [2.75, 3.05) is 16.4 Å². The molecule has 1 aliphatic carbocycles. The van der Waals surface area contributed by atoms with E-state index in [0.29, 0.717) is 17.3 Å². The summed E-state index contributed by atoms with van der Waals surface area (Å²) in [6.45, 7) is 0. The van der Waals surface area contributed by atoms with Gasteiger partial charge < -0.3 is 16.4 Å². The number of hydrogen-bond acceptors (Lipinski definition) is 6. The average molecular weight is 345 g/mol. The summed E-state index contributed by atoms with van der Waals surface area (Å²) in [6.07, 6.45) is 5.48. The molecule has 1 fully saturated rings. The Morgan fingerprint density at radius 2 is 1.96 bits per heavy atom. The predicted octanol–water partition coefficient (Wildman–Crippen LogP) is 2.43. The summed E-state index contributed by atoms with van der Waals surface area (Å²) in [5.41, 5.74) is 6.25. The zero-order valence-corrected chi connectivity index (χ0v) is 13.3. The van der Waals surface area contributed by atoms with Gasteiger partial charge in [0, 0.05) is 30.4 Å². The molecule has 3 aromatic rings. The van der Waals surface area contributed by atoms with E-state index in [1.54, 1.807) is 0 Å². The summed E-state index contributed by atoms with van der Waals surface area (Å²) in [5.74, 6) is -0.149. The molecule has 0 bridgehead atoms. The number of nitrogens with zero attached hydrogens (tertiary/aromatic N) is 4. The van der Waals surface area contributed by atoms with Crippen LogP contribution in [0, 0.1) is 11.6 Å². The molecule has 0 saturated heterocycles. The first-order chi connectivity index (χ1) is 12.1. The zero-order chi connectivity index (χ0) is 17.4. The molecule has 2 atom stereocenters. The lowest BCUT2D eigenvalue weighted by Crippen LogP contribution is -2.22. The summed E-state index contributed by atoms with van der Waals surface area (Å²) < 4.78 is 28.6. The number of nitrogens with one attached hydrogen (secondary N) is 2. The Bertz CT molecular complexity index is 911. The lowest BCUT2D eigenvalue weighted by molar-refractivity contribution is 0.617. The smallest absolute Gasteiger partial charge is 0.243 e. The number of fused-ring (bicyclic) bond motifs is 1. The Morgan fingerprint density at radius 1 is 1.16 bits per heavy atom. The molecule has 0 aliphatic heterocycles. The number of aromatic nitrogens is 4. The fraction of sp³-hybridized carbons (Fsp3) is 0.312. The van der Waals surface area contributed by atoms with Gasteiger partial charge in [0.2, 0.25) is 5.95 Å². The minimum Gasteiger partial charge on any atom is -0.397 e. The minimum absolute atomic E-state index is 0.0950. The molecule has 0 radical (unpaired) electrons. The van der Waals surface area contributed by atoms with Crippen LogP contribution in [-0.2, 0) is 0 Å². The van der Waals surface area contributed by atoms with Gasteiger partial charge in [0.1, 0.15) is 5.82 Å². The second-order valence-corrected chi connectivity index (χ2v) is 6.18. The Balaban J connectivity index is 1.40. The molecule has 0 spiro atoms. The Morgan fingerprint density at radius 3 is 2.76 bits per heavy atom. The van der Waals surface area contributed by atoms with Crippen molar-refractivity contribution in [3.63, 3.8) is 0 Å². The number of hydrogen-bond donors (Lipinski definition) is 3. The third kappa shape index (κ3) is 3.30. The SMILES string of the molecule is Nc1cnc(N[C@H]2CC[C@H](Nc3nc4cc(F)ccn4n3)C2)c(F)c1. The summed E-state index contributed by atoms with van der Waals surface area (Å²) >= 11 is 0. The number of nitrogens with two attached hydrogens (primary N) is 1. The maximum atomic E-state index is 13.8. The maximum Gasteiger partial charge on any atom is 0.243 e. The fourth-order valence-electron chi connectivity index (χ4n) is 3.10. The van der Waals surface area contributed by atoms with Crippen LogP contribution in [0.1, 0.15) is 19.3 Å². The van der Waals surface area contributed by atoms with Gasteiger partial charge in [-0.3, -0.25) is 0 Å². The standard InChI is InChI=1S/C16H17F2N7/c17-9-3-4-25-14(5-9)23-16(24-25)22-12-2-1-11(7-12)21-15-13(18)6-10(19)8-20-15/h3-6,8,11-12H,1-2,7,19H2,(H,20,21)(H,22,24)/t11-,12-/m0/s1. The van der Waals surface area contributed by atoms with Crippen LogP contribution in [-0.4, -0.2) is 31.7 Å². The van der Waals surface area contributed by atoms with Gasteiger partial charge >= 0.3 is 0 Å². The van der Waals surface area contributed by atoms with Crippen LogP contribution in [0.4, 0.5) is 26.2 Å². The molecule has 1 aliphatic rings. The molecule has 0 unspecified atom stereocenters. The quantitative estimate of drug-likeness (QED) is 0.672. The monoisotopic (exact) mass is 345 g/mol. The van der Waals surface area contributed by atoms with Crippen molar-refractivity contribution in [2.24, 2.45) is 0 Å². The molecule has 0 amide bonds. The first-order valence-corrected chi connectivity index (χ1v) is 8.03. The van der Waals surface area contributed by atoms with Crippen molar-refractivity contribution in [2.45, 2.75) is 31.3 Å². The third-order valence-electron chi connectivity index (χ3n) is 4.27. The number of nitrogen functional groups attached to an aromatic ring is 1. The second-order valence-electron chi connectivity index (χ2n) is 6.18. The third-order valence-corrected chi connectivity index (χ3v) is 4.27. The summed E-state index contributed by atoms with van der Waals surface area (Å²) in [6, 6.07) is 4.15. The van der Waals surface area contributed by atoms with Gasteiger partial charge in [-0.15, -0.1) is 5.10 Å². The van der Waals surface area contributed by atoms with Gasteiger partial charge in [-0.2, -0.15) is 4.98 Å². The van der Waals surface area contributed by atoms with Gasteiger partial charge in [0.25, 0.3) is 0 Å². The molecule has 4 rings (SSSR count). The van der Waals surface area contributed by atoms with Crippen molar-refractivity contribution in [1.82, 2.24) is 19.6 Å². The molecule has 3 heterocycles. The van der Waals surface area contributed by atoms with E-state index in [1.165, 1.54) is 35.1 Å². The highest BCUT2D eigenvalue weighted by atomic mass is 19.1. The largest absolute Gasteiger partial charge is 0.397 e. The first-order valence-electron chi connectivity index (χ1n) is 8.03. The minimum atomic E-state index is -0.458. The van der Waals surface area contributed by atoms with Gasteiger partial charge in [-0.1, -0.05) is 0 Å². The van der Waals surface area contributed by atoms with E-state index in [9.17, 15) is 8.78 Å². The number of rotatable bonds is 4. The summed E-state index contributed by atoms with van der Waals surface area (Å²) in [5, 5.41) is 10.6. The molecule has 3 aromatic heterocycles. The number of halogens is 2. The summed E-state index contributed by atoms with van der Waals surface area (Å²) in [4.78, 5) is 8.26. The van der Waals surface area contributed by atoms with Crippen LogP contribution in [0.5, 0.6) is 0 Å². The molecule has 4 N–H and O–H groups in total. The van der Waals surface area contributed by atoms with E-state index in [-0.39, 0.29) is 23.7 Å². The van der Waals surface area contributed by atoms with Crippen molar-refractivity contribution in [3.05, 3.63) is 42.2 Å². The lowest BCUT2D eigenvalue weighted by Gasteiger charge is -2.15. The van der Waals surface area contributed by atoms with Gasteiger partial charge in [0.15, 0.2) is 17.3 Å². The first kappa shape index (κ1) is 15.6. The van der Waals surface area contributed by atoms with E-state index in [4.69, 9.17) is 5.73 Å². The van der Waals surface area contributed by atoms with Crippen molar-refractivity contribution >= 4 is 23.1 Å². The molecule has 0 aromatic carbocycles. The van der Waals surface area contributed by atoms with Crippen LogP contribution in [0.15, 0.2) is 30.6 Å². The normalized spacial score (nSPS) is 20.1. The van der Waals surface area contributed by atoms with Gasteiger partial charge in [-0.25, -0.2) is 18.3 Å². The molecule has 9 heteroatoms. The zero-order valence-electron chi connectivity index (χ0n) is 13.3. The second kappa shape index (κ2) is 6.15. The van der Waals surface area contributed by atoms with E-state index >= 15 is 0 Å². The fourth-order valence-corrected chi connectivity index (χ4v) is 3.10. The van der Waals surface area contributed by atoms with E-state index in [1.807, 2.05) is 0 Å². The molecular formula is C16H17F2N7. The van der Waals surface area contributed by atoms with E-state index in [0.717, 1.165) is 19.3 Å². The van der Waals surface area contributed by atoms with E-state index < -0.39 is 5.82 Å². The van der Waals surface area contributed by atoms with Crippen LogP contribution in [0.2, 0.25) is 0 Å².